The van der Waals surface area contributed by atoms with Crippen molar-refractivity contribution in [3.05, 3.63) is 58.8 Å². The first kappa shape index (κ1) is 14.6. The number of thioether (sulfide) groups is 1. The first-order chi connectivity index (χ1) is 10.5. The van der Waals surface area contributed by atoms with Crippen molar-refractivity contribution in [2.45, 2.75) is 0 Å². The molecule has 2 aromatic rings. The third-order valence-corrected chi connectivity index (χ3v) is 4.26. The smallest absolute Gasteiger partial charge is 0.335 e. The normalized spacial score (nSPS) is 16.1. The second-order valence-corrected chi connectivity index (χ2v) is 6.23. The second-order valence-electron chi connectivity index (χ2n) is 4.51. The Hall–Kier alpha value is -2.38. The van der Waals surface area contributed by atoms with Crippen molar-refractivity contribution in [3.8, 4) is 5.69 Å². The lowest BCUT2D eigenvalue weighted by atomic mass is 10.2. The number of rotatable bonds is 3. The van der Waals surface area contributed by atoms with Crippen LogP contribution >= 0.6 is 24.0 Å². The molecule has 1 aliphatic rings. The van der Waals surface area contributed by atoms with E-state index in [-0.39, 0.29) is 11.5 Å². The van der Waals surface area contributed by atoms with Gasteiger partial charge in [0.25, 0.3) is 5.91 Å². The summed E-state index contributed by atoms with van der Waals surface area (Å²) in [5.41, 5.74) is 1.85. The van der Waals surface area contributed by atoms with Crippen molar-refractivity contribution in [1.82, 2.24) is 9.88 Å². The fourth-order valence-electron chi connectivity index (χ4n) is 2.07. The van der Waals surface area contributed by atoms with Gasteiger partial charge in [-0.25, -0.2) is 4.79 Å². The lowest BCUT2D eigenvalue weighted by molar-refractivity contribution is -0.115. The summed E-state index contributed by atoms with van der Waals surface area (Å²) in [6.45, 7) is 0. The molecule has 7 heteroatoms. The van der Waals surface area contributed by atoms with Gasteiger partial charge in [-0.15, -0.1) is 0 Å². The van der Waals surface area contributed by atoms with E-state index < -0.39 is 5.97 Å². The van der Waals surface area contributed by atoms with Gasteiger partial charge in [-0.3, -0.25) is 4.79 Å². The summed E-state index contributed by atoms with van der Waals surface area (Å²) in [7, 11) is 0. The van der Waals surface area contributed by atoms with Gasteiger partial charge in [0.05, 0.1) is 10.5 Å². The highest BCUT2D eigenvalue weighted by molar-refractivity contribution is 8.26. The van der Waals surface area contributed by atoms with Crippen LogP contribution in [0.2, 0.25) is 0 Å². The molecule has 0 saturated carbocycles. The molecule has 3 rings (SSSR count). The number of benzene rings is 1. The minimum Gasteiger partial charge on any atom is -0.478 e. The maximum Gasteiger partial charge on any atom is 0.335 e. The molecule has 1 aromatic heterocycles. The number of carbonyl (C=O) groups is 2. The second kappa shape index (κ2) is 5.78. The monoisotopic (exact) mass is 330 g/mol. The van der Waals surface area contributed by atoms with Crippen LogP contribution in [0.3, 0.4) is 0 Å². The molecule has 0 aliphatic carbocycles. The molecule has 22 heavy (non-hydrogen) atoms. The number of thiocarbonyl (C=S) groups is 1. The van der Waals surface area contributed by atoms with Crippen molar-refractivity contribution < 1.29 is 14.7 Å². The Kier molecular flexibility index (Phi) is 3.82. The molecular formula is C15H10N2O3S2. The lowest BCUT2D eigenvalue weighted by Gasteiger charge is -2.07. The van der Waals surface area contributed by atoms with Gasteiger partial charge in [-0.1, -0.05) is 24.0 Å². The standard InChI is InChI=1S/C15H10N2O3S2/c18-13-12(22-15(21)16-13)8-11-2-1-7-17(11)10-5-3-9(4-6-10)14(19)20/h1-8H,(H,19,20)(H,16,18,21)/b12-8+. The molecule has 0 unspecified atom stereocenters. The number of aromatic carboxylic acids is 1. The fraction of sp³-hybridized carbons (Fsp3) is 0. The highest BCUT2D eigenvalue weighted by atomic mass is 32.2. The lowest BCUT2D eigenvalue weighted by Crippen LogP contribution is -2.17. The Morgan fingerprint density at radius 2 is 2.00 bits per heavy atom. The molecule has 0 radical (unpaired) electrons. The van der Waals surface area contributed by atoms with Crippen LogP contribution in [0, 0.1) is 0 Å². The van der Waals surface area contributed by atoms with E-state index in [9.17, 15) is 9.59 Å². The molecule has 110 valence electrons. The minimum atomic E-state index is -0.964. The van der Waals surface area contributed by atoms with Gasteiger partial charge in [0.15, 0.2) is 0 Å². The highest BCUT2D eigenvalue weighted by Crippen LogP contribution is 2.26. The maximum atomic E-state index is 11.7. The maximum absolute atomic E-state index is 11.7. The highest BCUT2D eigenvalue weighted by Gasteiger charge is 2.22. The molecule has 2 N–H and O–H groups in total. The van der Waals surface area contributed by atoms with Crippen molar-refractivity contribution in [2.75, 3.05) is 0 Å². The number of nitrogens with zero attached hydrogens (tertiary/aromatic N) is 1. The summed E-state index contributed by atoms with van der Waals surface area (Å²) in [5, 5.41) is 11.5. The molecule has 0 bridgehead atoms. The summed E-state index contributed by atoms with van der Waals surface area (Å²) in [4.78, 5) is 23.1. The van der Waals surface area contributed by atoms with E-state index in [2.05, 4.69) is 5.32 Å². The summed E-state index contributed by atoms with van der Waals surface area (Å²) < 4.78 is 2.31. The van der Waals surface area contributed by atoms with Crippen LogP contribution in [-0.2, 0) is 4.79 Å². The van der Waals surface area contributed by atoms with Crippen molar-refractivity contribution in [3.63, 3.8) is 0 Å². The van der Waals surface area contributed by atoms with Gasteiger partial charge in [0.1, 0.15) is 4.32 Å². The van der Waals surface area contributed by atoms with Crippen molar-refractivity contribution >= 4 is 46.3 Å². The molecular weight excluding hydrogens is 320 g/mol. The van der Waals surface area contributed by atoms with Gasteiger partial charge < -0.3 is 15.0 Å². The number of hydrogen-bond acceptors (Lipinski definition) is 4. The van der Waals surface area contributed by atoms with Crippen LogP contribution in [0.1, 0.15) is 16.1 Å². The molecule has 5 nitrogen and oxygen atoms in total. The number of hydrogen-bond donors (Lipinski definition) is 2. The topological polar surface area (TPSA) is 71.3 Å². The van der Waals surface area contributed by atoms with E-state index in [1.165, 1.54) is 11.8 Å². The summed E-state index contributed by atoms with van der Waals surface area (Å²) >= 11 is 6.18. The Labute approximate surface area is 135 Å². The van der Waals surface area contributed by atoms with Crippen LogP contribution in [-0.4, -0.2) is 25.9 Å². The Bertz CT molecular complexity index is 806. The van der Waals surface area contributed by atoms with Gasteiger partial charge in [0.2, 0.25) is 0 Å². The van der Waals surface area contributed by atoms with Gasteiger partial charge >= 0.3 is 5.97 Å². The Morgan fingerprint density at radius 1 is 1.27 bits per heavy atom. The predicted octanol–water partition coefficient (Wildman–Crippen LogP) is 2.66. The van der Waals surface area contributed by atoms with Crippen LogP contribution in [0.4, 0.5) is 0 Å². The SMILES string of the molecule is O=C1NC(=S)S/C1=C/c1cccn1-c1ccc(C(=O)O)cc1. The average Bonchev–Trinajstić information content (AvgIpc) is 3.06. The Morgan fingerprint density at radius 3 is 2.59 bits per heavy atom. The van der Waals surface area contributed by atoms with E-state index >= 15 is 0 Å². The summed E-state index contributed by atoms with van der Waals surface area (Å²) in [5.74, 6) is -1.17. The molecule has 1 aliphatic heterocycles. The van der Waals surface area contributed by atoms with Crippen LogP contribution in [0.5, 0.6) is 0 Å². The fourth-order valence-corrected chi connectivity index (χ4v) is 3.10. The molecule has 1 fully saturated rings. The predicted molar refractivity (Wildman–Crippen MR) is 89.0 cm³/mol. The van der Waals surface area contributed by atoms with Crippen LogP contribution < -0.4 is 5.32 Å². The molecule has 1 aromatic carbocycles. The third-order valence-electron chi connectivity index (χ3n) is 3.09. The molecule has 1 amide bonds. The van der Waals surface area contributed by atoms with E-state index in [0.717, 1.165) is 11.4 Å². The van der Waals surface area contributed by atoms with Gasteiger partial charge in [-0.2, -0.15) is 0 Å². The average molecular weight is 330 g/mol. The van der Waals surface area contributed by atoms with Gasteiger partial charge in [-0.05, 0) is 42.5 Å². The summed E-state index contributed by atoms with van der Waals surface area (Å²) in [6, 6.07) is 10.2. The molecule has 0 spiro atoms. The zero-order valence-corrected chi connectivity index (χ0v) is 12.8. The van der Waals surface area contributed by atoms with E-state index in [1.54, 1.807) is 30.3 Å². The number of carboxylic acids is 1. The largest absolute Gasteiger partial charge is 0.478 e. The number of nitrogens with one attached hydrogen (secondary N) is 1. The minimum absolute atomic E-state index is 0.205. The van der Waals surface area contributed by atoms with Crippen molar-refractivity contribution in [2.24, 2.45) is 0 Å². The van der Waals surface area contributed by atoms with E-state index in [4.69, 9.17) is 17.3 Å². The Balaban J connectivity index is 1.95. The van der Waals surface area contributed by atoms with Crippen LogP contribution in [0.25, 0.3) is 11.8 Å². The number of carbonyl (C=O) groups excluding carboxylic acids is 1. The van der Waals surface area contributed by atoms with E-state index in [1.807, 2.05) is 22.9 Å². The third kappa shape index (κ3) is 2.81. The first-order valence-electron chi connectivity index (χ1n) is 6.30. The number of aromatic nitrogens is 1. The quantitative estimate of drug-likeness (QED) is 0.669. The van der Waals surface area contributed by atoms with E-state index in [0.29, 0.717) is 9.23 Å². The zero-order chi connectivity index (χ0) is 15.7. The molecule has 2 heterocycles. The number of carboxylic acid groups (broad SMARTS) is 1. The number of amides is 1. The van der Waals surface area contributed by atoms with Gasteiger partial charge in [0, 0.05) is 17.6 Å². The van der Waals surface area contributed by atoms with Crippen LogP contribution in [0.15, 0.2) is 47.5 Å². The van der Waals surface area contributed by atoms with Crippen molar-refractivity contribution in [1.29, 1.82) is 0 Å². The summed E-state index contributed by atoms with van der Waals surface area (Å²) in [6.07, 6.45) is 3.60. The zero-order valence-electron chi connectivity index (χ0n) is 11.1. The first-order valence-corrected chi connectivity index (χ1v) is 7.53. The molecule has 0 atom stereocenters. The molecule has 1 saturated heterocycles.